The lowest BCUT2D eigenvalue weighted by Crippen LogP contribution is -2.16. The Hall–Kier alpha value is -3.67. The average molecular weight is 378 g/mol. The maximum Gasteiger partial charge on any atom is 0.258 e. The summed E-state index contributed by atoms with van der Waals surface area (Å²) in [6.45, 7) is 0. The summed E-state index contributed by atoms with van der Waals surface area (Å²) < 4.78 is 35.2. The van der Waals surface area contributed by atoms with Crippen molar-refractivity contribution in [3.63, 3.8) is 0 Å². The summed E-state index contributed by atoms with van der Waals surface area (Å²) in [6, 6.07) is 15.4. The molecule has 0 radical (unpaired) electrons. The number of hydrogen-bond donors (Lipinski definition) is 1. The molecule has 6 heteroatoms. The first kappa shape index (κ1) is 17.7. The lowest BCUT2D eigenvalue weighted by atomic mass is 9.99. The summed E-state index contributed by atoms with van der Waals surface area (Å²) in [7, 11) is 1.64. The highest BCUT2D eigenvalue weighted by Gasteiger charge is 2.17. The smallest absolute Gasteiger partial charge is 0.258 e. The van der Waals surface area contributed by atoms with Gasteiger partial charge in [0.05, 0.1) is 0 Å². The molecule has 2 N–H and O–H groups in total. The molecule has 0 unspecified atom stereocenters. The van der Waals surface area contributed by atoms with Crippen LogP contribution in [-0.4, -0.2) is 4.57 Å². The Morgan fingerprint density at radius 2 is 1.57 bits per heavy atom. The summed E-state index contributed by atoms with van der Waals surface area (Å²) in [5, 5.41) is 1.21. The van der Waals surface area contributed by atoms with Crippen molar-refractivity contribution in [1.29, 1.82) is 0 Å². The van der Waals surface area contributed by atoms with Gasteiger partial charge in [0.1, 0.15) is 5.75 Å². The summed E-state index contributed by atoms with van der Waals surface area (Å²) in [6.07, 6.45) is 1.66. The number of nitrogens with two attached hydrogens (primary N) is 1. The Kier molecular flexibility index (Phi) is 4.31. The van der Waals surface area contributed by atoms with E-state index in [1.54, 1.807) is 43.6 Å². The third-order valence-electron chi connectivity index (χ3n) is 4.52. The molecule has 0 aliphatic heterocycles. The number of fused-ring (bicyclic) bond motifs is 1. The van der Waals surface area contributed by atoms with Gasteiger partial charge in [0.15, 0.2) is 17.4 Å². The number of ether oxygens (including phenoxy) is 1. The number of aryl methyl sites for hydroxylation is 1. The largest absolute Gasteiger partial charge is 0.451 e. The van der Waals surface area contributed by atoms with Crippen LogP contribution < -0.4 is 16.0 Å². The first-order valence-corrected chi connectivity index (χ1v) is 8.56. The van der Waals surface area contributed by atoms with Crippen molar-refractivity contribution in [2.45, 2.75) is 0 Å². The molecule has 1 heterocycles. The van der Waals surface area contributed by atoms with E-state index in [4.69, 9.17) is 10.5 Å². The number of aromatic nitrogens is 1. The molecule has 4 rings (SSSR count). The number of para-hydroxylation sites is 1. The molecule has 0 saturated heterocycles. The molecule has 0 fully saturated rings. The maximum atomic E-state index is 14.1. The van der Waals surface area contributed by atoms with Crippen LogP contribution in [0.4, 0.5) is 14.5 Å². The standard InChI is InChI=1S/C22H16F2N2O2/c1-26-12-17(14-5-2-3-6-15(14)22(26)27)16-11-13(25)9-10-20(16)28-21-18(23)7-4-8-19(21)24/h2-12H,25H2,1H3. The van der Waals surface area contributed by atoms with Crippen molar-refractivity contribution in [1.82, 2.24) is 4.57 Å². The van der Waals surface area contributed by atoms with Crippen LogP contribution >= 0.6 is 0 Å². The van der Waals surface area contributed by atoms with Crippen molar-refractivity contribution in [3.8, 4) is 22.6 Å². The van der Waals surface area contributed by atoms with Crippen molar-refractivity contribution >= 4 is 16.5 Å². The zero-order valence-corrected chi connectivity index (χ0v) is 14.9. The Morgan fingerprint density at radius 1 is 0.893 bits per heavy atom. The minimum Gasteiger partial charge on any atom is -0.451 e. The van der Waals surface area contributed by atoms with Crippen LogP contribution in [0.25, 0.3) is 21.9 Å². The summed E-state index contributed by atoms with van der Waals surface area (Å²) in [5.74, 6) is -1.90. The predicted octanol–water partition coefficient (Wildman–Crippen LogP) is 4.86. The molecule has 4 aromatic rings. The van der Waals surface area contributed by atoms with E-state index in [9.17, 15) is 13.6 Å². The lowest BCUT2D eigenvalue weighted by molar-refractivity contribution is 0.408. The van der Waals surface area contributed by atoms with E-state index >= 15 is 0 Å². The highest BCUT2D eigenvalue weighted by atomic mass is 19.1. The third-order valence-corrected chi connectivity index (χ3v) is 4.52. The van der Waals surface area contributed by atoms with Crippen LogP contribution in [-0.2, 0) is 7.05 Å². The van der Waals surface area contributed by atoms with Gasteiger partial charge < -0.3 is 15.0 Å². The molecular formula is C22H16F2N2O2. The van der Waals surface area contributed by atoms with E-state index in [2.05, 4.69) is 0 Å². The monoisotopic (exact) mass is 378 g/mol. The predicted molar refractivity (Wildman–Crippen MR) is 105 cm³/mol. The minimum atomic E-state index is -0.812. The second-order valence-electron chi connectivity index (χ2n) is 6.41. The van der Waals surface area contributed by atoms with Gasteiger partial charge in [-0.1, -0.05) is 24.3 Å². The number of benzene rings is 3. The minimum absolute atomic E-state index is 0.147. The topological polar surface area (TPSA) is 57.2 Å². The highest BCUT2D eigenvalue weighted by Crippen LogP contribution is 2.38. The Balaban J connectivity index is 1.98. The van der Waals surface area contributed by atoms with Gasteiger partial charge in [-0.25, -0.2) is 8.78 Å². The molecule has 4 nitrogen and oxygen atoms in total. The van der Waals surface area contributed by atoms with E-state index in [1.165, 1.54) is 10.6 Å². The summed E-state index contributed by atoms with van der Waals surface area (Å²) in [4.78, 5) is 12.5. The number of hydrogen-bond acceptors (Lipinski definition) is 3. The molecule has 0 atom stereocenters. The van der Waals surface area contributed by atoms with Crippen LogP contribution in [0.3, 0.4) is 0 Å². The van der Waals surface area contributed by atoms with Crippen LogP contribution in [0.5, 0.6) is 11.5 Å². The van der Waals surface area contributed by atoms with Crippen LogP contribution in [0.1, 0.15) is 0 Å². The molecule has 0 spiro atoms. The highest BCUT2D eigenvalue weighted by molar-refractivity contribution is 5.97. The molecule has 3 aromatic carbocycles. The number of halogens is 2. The van der Waals surface area contributed by atoms with E-state index in [0.29, 0.717) is 27.6 Å². The van der Waals surface area contributed by atoms with Gasteiger partial charge in [0, 0.05) is 35.4 Å². The lowest BCUT2D eigenvalue weighted by Gasteiger charge is -2.15. The second kappa shape index (κ2) is 6.81. The molecule has 0 saturated carbocycles. The molecular weight excluding hydrogens is 362 g/mol. The quantitative estimate of drug-likeness (QED) is 0.518. The number of anilines is 1. The number of rotatable bonds is 3. The fourth-order valence-electron chi connectivity index (χ4n) is 3.17. The van der Waals surface area contributed by atoms with Crippen molar-refractivity contribution in [2.24, 2.45) is 7.05 Å². The molecule has 1 aromatic heterocycles. The van der Waals surface area contributed by atoms with Gasteiger partial charge in [0.25, 0.3) is 5.56 Å². The fourth-order valence-corrected chi connectivity index (χ4v) is 3.17. The Labute approximate surface area is 159 Å². The van der Waals surface area contributed by atoms with Gasteiger partial charge in [-0.2, -0.15) is 0 Å². The molecule has 140 valence electrons. The Morgan fingerprint density at radius 3 is 2.29 bits per heavy atom. The zero-order valence-electron chi connectivity index (χ0n) is 14.9. The first-order chi connectivity index (χ1) is 13.5. The normalized spacial score (nSPS) is 11.0. The number of pyridine rings is 1. The Bertz CT molecular complexity index is 1250. The van der Waals surface area contributed by atoms with Gasteiger partial charge in [0.2, 0.25) is 0 Å². The van der Waals surface area contributed by atoms with Crippen molar-refractivity contribution < 1.29 is 13.5 Å². The average Bonchev–Trinajstić information content (AvgIpc) is 2.69. The van der Waals surface area contributed by atoms with E-state index in [0.717, 1.165) is 12.1 Å². The fraction of sp³-hybridized carbons (Fsp3) is 0.0455. The van der Waals surface area contributed by atoms with Gasteiger partial charge in [-0.05, 0) is 41.8 Å². The van der Waals surface area contributed by atoms with Crippen molar-refractivity contribution in [3.05, 3.63) is 88.8 Å². The third kappa shape index (κ3) is 2.99. The number of nitrogens with zero attached hydrogens (tertiary/aromatic N) is 1. The van der Waals surface area contributed by atoms with Crippen LogP contribution in [0.15, 0.2) is 71.7 Å². The van der Waals surface area contributed by atoms with Gasteiger partial charge in [-0.15, -0.1) is 0 Å². The first-order valence-electron chi connectivity index (χ1n) is 8.56. The molecule has 28 heavy (non-hydrogen) atoms. The SMILES string of the molecule is Cn1cc(-c2cc(N)ccc2Oc2c(F)cccc2F)c2ccccc2c1=O. The molecule has 0 aliphatic rings. The maximum absolute atomic E-state index is 14.1. The van der Waals surface area contributed by atoms with E-state index < -0.39 is 17.4 Å². The summed E-state index contributed by atoms with van der Waals surface area (Å²) >= 11 is 0. The van der Waals surface area contributed by atoms with Crippen LogP contribution in [0, 0.1) is 11.6 Å². The zero-order chi connectivity index (χ0) is 19.8. The molecule has 0 amide bonds. The van der Waals surface area contributed by atoms with Crippen LogP contribution in [0.2, 0.25) is 0 Å². The molecule has 0 bridgehead atoms. The number of nitrogen functional groups attached to an aromatic ring is 1. The molecule has 0 aliphatic carbocycles. The summed E-state index contributed by atoms with van der Waals surface area (Å²) in [5.41, 5.74) is 7.45. The van der Waals surface area contributed by atoms with Crippen molar-refractivity contribution in [2.75, 3.05) is 5.73 Å². The van der Waals surface area contributed by atoms with Gasteiger partial charge >= 0.3 is 0 Å². The van der Waals surface area contributed by atoms with E-state index in [1.807, 2.05) is 12.1 Å². The van der Waals surface area contributed by atoms with Gasteiger partial charge in [-0.3, -0.25) is 4.79 Å². The van der Waals surface area contributed by atoms with E-state index in [-0.39, 0.29) is 11.3 Å². The second-order valence-corrected chi connectivity index (χ2v) is 6.41.